The van der Waals surface area contributed by atoms with Crippen LogP contribution < -0.4 is 0 Å². The minimum Gasteiger partial charge on any atom is -0.320 e. The molecular weight excluding hydrogens is 303 g/mol. The first kappa shape index (κ1) is 14.2. The van der Waals surface area contributed by atoms with E-state index in [9.17, 15) is 18.0 Å². The smallest absolute Gasteiger partial charge is 0.320 e. The predicted molar refractivity (Wildman–Crippen MR) is 73.0 cm³/mol. The van der Waals surface area contributed by atoms with Gasteiger partial charge < -0.3 is 4.57 Å². The van der Waals surface area contributed by atoms with E-state index in [2.05, 4.69) is 0 Å². The van der Waals surface area contributed by atoms with Crippen LogP contribution in [-0.4, -0.2) is 10.4 Å². The molecule has 0 saturated heterocycles. The van der Waals surface area contributed by atoms with Gasteiger partial charge in [-0.1, -0.05) is 11.6 Å². The molecule has 0 unspecified atom stereocenters. The van der Waals surface area contributed by atoms with Gasteiger partial charge in [0.05, 0.1) is 10.6 Å². The quantitative estimate of drug-likeness (QED) is 0.750. The van der Waals surface area contributed by atoms with Gasteiger partial charge in [0.1, 0.15) is 0 Å². The third-order valence-electron chi connectivity index (χ3n) is 3.64. The van der Waals surface area contributed by atoms with Gasteiger partial charge in [0.15, 0.2) is 5.78 Å². The molecule has 1 heterocycles. The van der Waals surface area contributed by atoms with Gasteiger partial charge in [0.2, 0.25) is 0 Å². The molecule has 2 aromatic rings. The van der Waals surface area contributed by atoms with E-state index in [1.807, 2.05) is 0 Å². The molecule has 0 bridgehead atoms. The fourth-order valence-corrected chi connectivity index (χ4v) is 2.87. The van der Waals surface area contributed by atoms with E-state index in [4.69, 9.17) is 11.6 Å². The molecule has 110 valence electrons. The highest BCUT2D eigenvalue weighted by Crippen LogP contribution is 2.36. The molecule has 0 N–H and O–H groups in total. The maximum atomic E-state index is 12.9. The third-order valence-corrected chi connectivity index (χ3v) is 3.97. The third kappa shape index (κ3) is 2.46. The lowest BCUT2D eigenvalue weighted by molar-refractivity contribution is -0.137. The summed E-state index contributed by atoms with van der Waals surface area (Å²) in [4.78, 5) is 11.8. The number of hydrogen-bond acceptors (Lipinski definition) is 1. The van der Waals surface area contributed by atoms with Crippen LogP contribution >= 0.6 is 11.6 Å². The Kier molecular flexibility index (Phi) is 3.32. The fourth-order valence-electron chi connectivity index (χ4n) is 2.65. The molecule has 0 amide bonds. The van der Waals surface area contributed by atoms with Crippen molar-refractivity contribution >= 4 is 17.4 Å². The Morgan fingerprint density at radius 2 is 1.90 bits per heavy atom. The number of benzene rings is 1. The summed E-state index contributed by atoms with van der Waals surface area (Å²) in [6.45, 7) is 0. The molecule has 1 aliphatic rings. The lowest BCUT2D eigenvalue weighted by Crippen LogP contribution is -2.13. The highest BCUT2D eigenvalue weighted by Gasteiger charge is 2.33. The van der Waals surface area contributed by atoms with Crippen molar-refractivity contribution in [3.8, 4) is 5.69 Å². The Morgan fingerprint density at radius 1 is 1.14 bits per heavy atom. The van der Waals surface area contributed by atoms with Gasteiger partial charge in [-0.15, -0.1) is 0 Å². The molecular formula is C15H11ClF3NO. The largest absolute Gasteiger partial charge is 0.417 e. The average Bonchev–Trinajstić information content (AvgIpc) is 2.83. The van der Waals surface area contributed by atoms with E-state index in [0.29, 0.717) is 24.1 Å². The standard InChI is InChI=1S/C15H11ClF3NO/c16-12-5-4-9(8-11(12)15(17,18)19)20-7-6-10-13(20)2-1-3-14(10)21/h4-8H,1-3H2. The predicted octanol–water partition coefficient (Wildman–Crippen LogP) is 4.67. The summed E-state index contributed by atoms with van der Waals surface area (Å²) in [6, 6.07) is 5.44. The Balaban J connectivity index is 2.12. The van der Waals surface area contributed by atoms with Gasteiger partial charge in [0, 0.05) is 29.6 Å². The molecule has 6 heteroatoms. The van der Waals surface area contributed by atoms with Crippen LogP contribution in [0.3, 0.4) is 0 Å². The van der Waals surface area contributed by atoms with E-state index < -0.39 is 11.7 Å². The molecule has 21 heavy (non-hydrogen) atoms. The topological polar surface area (TPSA) is 22.0 Å². The number of carbonyl (C=O) groups is 1. The van der Waals surface area contributed by atoms with Crippen molar-refractivity contribution < 1.29 is 18.0 Å². The van der Waals surface area contributed by atoms with E-state index >= 15 is 0 Å². The summed E-state index contributed by atoms with van der Waals surface area (Å²) in [7, 11) is 0. The zero-order chi connectivity index (χ0) is 15.2. The first-order valence-corrected chi connectivity index (χ1v) is 6.86. The van der Waals surface area contributed by atoms with Crippen LogP contribution in [0.2, 0.25) is 5.02 Å². The molecule has 1 aromatic carbocycles. The highest BCUT2D eigenvalue weighted by atomic mass is 35.5. The number of halogens is 4. The van der Waals surface area contributed by atoms with Crippen LogP contribution in [0, 0.1) is 0 Å². The Bertz CT molecular complexity index is 718. The lowest BCUT2D eigenvalue weighted by atomic mass is 9.96. The molecule has 0 aliphatic heterocycles. The van der Waals surface area contributed by atoms with E-state index in [-0.39, 0.29) is 10.8 Å². The molecule has 0 spiro atoms. The van der Waals surface area contributed by atoms with Gasteiger partial charge in [-0.05, 0) is 37.1 Å². The van der Waals surface area contributed by atoms with Gasteiger partial charge >= 0.3 is 6.18 Å². The summed E-state index contributed by atoms with van der Waals surface area (Å²) in [6.07, 6.45) is -0.980. The highest BCUT2D eigenvalue weighted by molar-refractivity contribution is 6.31. The molecule has 0 saturated carbocycles. The Morgan fingerprint density at radius 3 is 2.62 bits per heavy atom. The number of ketones is 1. The molecule has 0 fully saturated rings. The summed E-state index contributed by atoms with van der Waals surface area (Å²) < 4.78 is 40.4. The van der Waals surface area contributed by atoms with Crippen LogP contribution in [-0.2, 0) is 12.6 Å². The number of nitrogens with zero attached hydrogens (tertiary/aromatic N) is 1. The number of Topliss-reactive ketones (excluding diaryl/α,β-unsaturated/α-hetero) is 1. The summed E-state index contributed by atoms with van der Waals surface area (Å²) in [5.41, 5.74) is 0.861. The van der Waals surface area contributed by atoms with Crippen molar-refractivity contribution in [2.75, 3.05) is 0 Å². The lowest BCUT2D eigenvalue weighted by Gasteiger charge is -2.16. The maximum Gasteiger partial charge on any atom is 0.417 e. The second-order valence-electron chi connectivity index (χ2n) is 4.98. The number of rotatable bonds is 1. The number of alkyl halides is 3. The van der Waals surface area contributed by atoms with Crippen LogP contribution in [0.5, 0.6) is 0 Å². The van der Waals surface area contributed by atoms with Crippen LogP contribution in [0.1, 0.15) is 34.5 Å². The van der Waals surface area contributed by atoms with Crippen LogP contribution in [0.25, 0.3) is 5.69 Å². The molecule has 3 rings (SSSR count). The van der Waals surface area contributed by atoms with E-state index in [1.165, 1.54) is 12.1 Å². The molecule has 1 aliphatic carbocycles. The minimum atomic E-state index is -4.50. The molecule has 0 radical (unpaired) electrons. The molecule has 0 atom stereocenters. The fraction of sp³-hybridized carbons (Fsp3) is 0.267. The summed E-state index contributed by atoms with van der Waals surface area (Å²) in [5, 5.41) is -0.330. The first-order valence-electron chi connectivity index (χ1n) is 6.48. The van der Waals surface area contributed by atoms with E-state index in [1.54, 1.807) is 16.8 Å². The van der Waals surface area contributed by atoms with Gasteiger partial charge in [-0.25, -0.2) is 0 Å². The van der Waals surface area contributed by atoms with Crippen molar-refractivity contribution in [3.63, 3.8) is 0 Å². The van der Waals surface area contributed by atoms with Crippen LogP contribution in [0.15, 0.2) is 30.5 Å². The van der Waals surface area contributed by atoms with Gasteiger partial charge in [-0.2, -0.15) is 13.2 Å². The normalized spacial score (nSPS) is 15.1. The second kappa shape index (κ2) is 4.91. The van der Waals surface area contributed by atoms with Crippen molar-refractivity contribution in [1.82, 2.24) is 4.57 Å². The first-order chi connectivity index (χ1) is 9.88. The summed E-state index contributed by atoms with van der Waals surface area (Å²) in [5.74, 6) is 0.0417. The zero-order valence-electron chi connectivity index (χ0n) is 10.9. The van der Waals surface area contributed by atoms with Gasteiger partial charge in [-0.3, -0.25) is 4.79 Å². The number of carbonyl (C=O) groups excluding carboxylic acids is 1. The average molecular weight is 314 g/mol. The van der Waals surface area contributed by atoms with E-state index in [0.717, 1.165) is 18.2 Å². The minimum absolute atomic E-state index is 0.0417. The summed E-state index contributed by atoms with van der Waals surface area (Å²) >= 11 is 5.63. The Hall–Kier alpha value is -1.75. The monoisotopic (exact) mass is 313 g/mol. The Labute approximate surface area is 124 Å². The van der Waals surface area contributed by atoms with Crippen molar-refractivity contribution in [1.29, 1.82) is 0 Å². The SMILES string of the molecule is O=C1CCCc2c1ccn2-c1ccc(Cl)c(C(F)(F)F)c1. The zero-order valence-corrected chi connectivity index (χ0v) is 11.6. The van der Waals surface area contributed by atoms with Crippen LogP contribution in [0.4, 0.5) is 13.2 Å². The molecule has 1 aromatic heterocycles. The molecule has 2 nitrogen and oxygen atoms in total. The number of aromatic nitrogens is 1. The second-order valence-corrected chi connectivity index (χ2v) is 5.39. The van der Waals surface area contributed by atoms with Gasteiger partial charge in [0.25, 0.3) is 0 Å². The number of hydrogen-bond donors (Lipinski definition) is 0. The van der Waals surface area contributed by atoms with Crippen molar-refractivity contribution in [2.24, 2.45) is 0 Å². The number of fused-ring (bicyclic) bond motifs is 1. The van der Waals surface area contributed by atoms with Crippen molar-refractivity contribution in [3.05, 3.63) is 52.3 Å². The van der Waals surface area contributed by atoms with Crippen molar-refractivity contribution in [2.45, 2.75) is 25.4 Å². The maximum absolute atomic E-state index is 12.9.